The summed E-state index contributed by atoms with van der Waals surface area (Å²) < 4.78 is 15.4. The van der Waals surface area contributed by atoms with Crippen molar-refractivity contribution in [3.8, 4) is 5.00 Å². The Balaban J connectivity index is 1.34. The largest absolute Gasteiger partial charge is 0.329 e. The van der Waals surface area contributed by atoms with E-state index in [-0.39, 0.29) is 24.0 Å². The second-order valence-electron chi connectivity index (χ2n) is 10.4. The van der Waals surface area contributed by atoms with Gasteiger partial charge in [0.15, 0.2) is 0 Å². The van der Waals surface area contributed by atoms with Gasteiger partial charge >= 0.3 is 6.03 Å². The van der Waals surface area contributed by atoms with Crippen LogP contribution in [0.1, 0.15) is 56.2 Å². The lowest BCUT2D eigenvalue weighted by atomic mass is 9.95. The molecular formula is C32H29FN4O3S. The number of urea groups is 1. The highest BCUT2D eigenvalue weighted by atomic mass is 32.1. The van der Waals surface area contributed by atoms with Gasteiger partial charge in [-0.1, -0.05) is 30.3 Å². The van der Waals surface area contributed by atoms with Crippen molar-refractivity contribution in [1.29, 1.82) is 0 Å². The molecule has 7 nitrogen and oxygen atoms in total. The van der Waals surface area contributed by atoms with Crippen LogP contribution < -0.4 is 10.6 Å². The number of benzene rings is 2. The first kappa shape index (κ1) is 26.7. The Morgan fingerprint density at radius 1 is 1.05 bits per heavy atom. The standard InChI is InChI=1S/C32H29FN4O3S/c1-19-16-22(17-26-30(39)36(32(40)35-26)18-21-12-14-23(33)15-13-21)20(2)37(19)31-28(25-10-6-7-11-27(25)41-31)29(38)34-24-8-4-3-5-9-24/h3-5,8-9,12-17H,6-7,10-11,18H2,1-2H3,(H,34,38)(H,35,40)/b26-17+. The summed E-state index contributed by atoms with van der Waals surface area (Å²) in [5.74, 6) is -0.958. The molecule has 41 heavy (non-hydrogen) atoms. The van der Waals surface area contributed by atoms with Crippen molar-refractivity contribution in [2.75, 3.05) is 5.32 Å². The topological polar surface area (TPSA) is 83.4 Å². The number of anilines is 1. The number of aromatic nitrogens is 1. The van der Waals surface area contributed by atoms with Gasteiger partial charge in [-0.2, -0.15) is 0 Å². The zero-order valence-electron chi connectivity index (χ0n) is 22.8. The third kappa shape index (κ3) is 5.09. The van der Waals surface area contributed by atoms with Gasteiger partial charge < -0.3 is 15.2 Å². The van der Waals surface area contributed by atoms with Gasteiger partial charge in [0.1, 0.15) is 16.5 Å². The van der Waals surface area contributed by atoms with Crippen molar-refractivity contribution in [3.05, 3.63) is 111 Å². The number of hydrogen-bond acceptors (Lipinski definition) is 4. The van der Waals surface area contributed by atoms with E-state index in [0.717, 1.165) is 63.8 Å². The van der Waals surface area contributed by atoms with Crippen LogP contribution in [0.5, 0.6) is 0 Å². The number of carbonyl (C=O) groups is 3. The van der Waals surface area contributed by atoms with E-state index in [1.807, 2.05) is 50.2 Å². The average molecular weight is 569 g/mol. The molecular weight excluding hydrogens is 539 g/mol. The smallest absolute Gasteiger partial charge is 0.322 e. The molecule has 0 bridgehead atoms. The normalized spacial score (nSPS) is 15.8. The van der Waals surface area contributed by atoms with E-state index in [0.29, 0.717) is 11.1 Å². The van der Waals surface area contributed by atoms with Crippen LogP contribution in [0.2, 0.25) is 0 Å². The van der Waals surface area contributed by atoms with Gasteiger partial charge in [-0.25, -0.2) is 9.18 Å². The highest BCUT2D eigenvalue weighted by molar-refractivity contribution is 7.15. The number of para-hydroxylation sites is 1. The van der Waals surface area contributed by atoms with E-state index in [2.05, 4.69) is 15.2 Å². The quantitative estimate of drug-likeness (QED) is 0.205. The Labute approximate surface area is 241 Å². The molecule has 208 valence electrons. The van der Waals surface area contributed by atoms with Crippen molar-refractivity contribution in [2.45, 2.75) is 46.1 Å². The molecule has 0 saturated carbocycles. The molecule has 1 saturated heterocycles. The number of fused-ring (bicyclic) bond motifs is 1. The molecule has 0 radical (unpaired) electrons. The van der Waals surface area contributed by atoms with E-state index >= 15 is 0 Å². The summed E-state index contributed by atoms with van der Waals surface area (Å²) in [5.41, 5.74) is 5.93. The maximum Gasteiger partial charge on any atom is 0.329 e. The van der Waals surface area contributed by atoms with E-state index in [1.165, 1.54) is 17.0 Å². The van der Waals surface area contributed by atoms with Gasteiger partial charge in [0.25, 0.3) is 11.8 Å². The molecule has 0 unspecified atom stereocenters. The summed E-state index contributed by atoms with van der Waals surface area (Å²) in [6.07, 6.45) is 5.65. The molecule has 1 aliphatic carbocycles. The molecule has 2 aromatic carbocycles. The minimum Gasteiger partial charge on any atom is -0.322 e. The van der Waals surface area contributed by atoms with E-state index in [1.54, 1.807) is 29.5 Å². The minimum atomic E-state index is -0.523. The van der Waals surface area contributed by atoms with Crippen molar-refractivity contribution in [3.63, 3.8) is 0 Å². The fourth-order valence-corrected chi connectivity index (χ4v) is 7.04. The first-order valence-corrected chi connectivity index (χ1v) is 14.4. The number of carbonyl (C=O) groups excluding carboxylic acids is 3. The third-order valence-corrected chi connectivity index (χ3v) is 8.88. The van der Waals surface area contributed by atoms with Crippen LogP contribution in [0.25, 0.3) is 11.1 Å². The molecule has 9 heteroatoms. The summed E-state index contributed by atoms with van der Waals surface area (Å²) in [4.78, 5) is 41.8. The number of rotatable bonds is 6. The maximum atomic E-state index is 13.7. The number of nitrogens with zero attached hydrogens (tertiary/aromatic N) is 2. The van der Waals surface area contributed by atoms with E-state index in [9.17, 15) is 18.8 Å². The summed E-state index contributed by atoms with van der Waals surface area (Å²) in [5, 5.41) is 6.62. The summed E-state index contributed by atoms with van der Waals surface area (Å²) >= 11 is 1.65. The van der Waals surface area contributed by atoms with Gasteiger partial charge in [-0.15, -0.1) is 11.3 Å². The fourth-order valence-electron chi connectivity index (χ4n) is 5.55. The molecule has 2 N–H and O–H groups in total. The molecule has 1 aliphatic heterocycles. The molecule has 0 spiro atoms. The van der Waals surface area contributed by atoms with Gasteiger partial charge in [-0.05, 0) is 92.6 Å². The second kappa shape index (κ2) is 10.8. The lowest BCUT2D eigenvalue weighted by Gasteiger charge is -2.14. The molecule has 4 amide bonds. The Hall–Kier alpha value is -4.50. The Morgan fingerprint density at radius 3 is 2.54 bits per heavy atom. The fraction of sp³-hybridized carbons (Fsp3) is 0.219. The Morgan fingerprint density at radius 2 is 1.78 bits per heavy atom. The van der Waals surface area contributed by atoms with Crippen molar-refractivity contribution in [1.82, 2.24) is 14.8 Å². The van der Waals surface area contributed by atoms with Crippen molar-refractivity contribution >= 4 is 40.9 Å². The number of halogens is 1. The first-order chi connectivity index (χ1) is 19.8. The summed E-state index contributed by atoms with van der Waals surface area (Å²) in [6.45, 7) is 3.97. The SMILES string of the molecule is Cc1cc(/C=C2/NC(=O)N(Cc3ccc(F)cc3)C2=O)c(C)n1-c1sc2c(c1C(=O)Nc1ccccc1)CCCC2. The zero-order chi connectivity index (χ0) is 28.7. The molecule has 0 atom stereocenters. The van der Waals surface area contributed by atoms with Crippen LogP contribution >= 0.6 is 11.3 Å². The van der Waals surface area contributed by atoms with Gasteiger partial charge in [-0.3, -0.25) is 14.5 Å². The van der Waals surface area contributed by atoms with E-state index in [4.69, 9.17) is 0 Å². The zero-order valence-corrected chi connectivity index (χ0v) is 23.6. The molecule has 4 aromatic rings. The van der Waals surface area contributed by atoms with Crippen LogP contribution in [0, 0.1) is 19.7 Å². The monoisotopic (exact) mass is 568 g/mol. The minimum absolute atomic E-state index is 0.0436. The second-order valence-corrected chi connectivity index (χ2v) is 11.5. The number of hydrogen-bond donors (Lipinski definition) is 2. The van der Waals surface area contributed by atoms with Gasteiger partial charge in [0.2, 0.25) is 0 Å². The predicted octanol–water partition coefficient (Wildman–Crippen LogP) is 6.52. The van der Waals surface area contributed by atoms with Crippen LogP contribution in [0.15, 0.2) is 66.4 Å². The molecule has 2 aliphatic rings. The molecule has 3 heterocycles. The highest BCUT2D eigenvalue weighted by Gasteiger charge is 2.34. The van der Waals surface area contributed by atoms with Gasteiger partial charge in [0.05, 0.1) is 12.1 Å². The molecule has 2 aromatic heterocycles. The summed E-state index contributed by atoms with van der Waals surface area (Å²) in [7, 11) is 0. The third-order valence-electron chi connectivity index (χ3n) is 7.60. The number of nitrogens with one attached hydrogen (secondary N) is 2. The van der Waals surface area contributed by atoms with Gasteiger partial charge in [0, 0.05) is 22.0 Å². The molecule has 1 fully saturated rings. The number of thiophene rings is 1. The predicted molar refractivity (Wildman–Crippen MR) is 158 cm³/mol. The van der Waals surface area contributed by atoms with Crippen LogP contribution in [-0.4, -0.2) is 27.3 Å². The van der Waals surface area contributed by atoms with Crippen LogP contribution in [0.4, 0.5) is 14.9 Å². The Bertz CT molecular complexity index is 1700. The van der Waals surface area contributed by atoms with Crippen LogP contribution in [-0.2, 0) is 24.2 Å². The Kier molecular flexibility index (Phi) is 7.05. The van der Waals surface area contributed by atoms with Crippen LogP contribution in [0.3, 0.4) is 0 Å². The lowest BCUT2D eigenvalue weighted by Crippen LogP contribution is -2.30. The highest BCUT2D eigenvalue weighted by Crippen LogP contribution is 2.39. The average Bonchev–Trinajstić information content (AvgIpc) is 3.56. The van der Waals surface area contributed by atoms with Crippen molar-refractivity contribution < 1.29 is 18.8 Å². The number of amides is 4. The summed E-state index contributed by atoms with van der Waals surface area (Å²) in [6, 6.07) is 16.6. The number of imide groups is 1. The molecule has 6 rings (SSSR count). The first-order valence-electron chi connectivity index (χ1n) is 13.6. The van der Waals surface area contributed by atoms with E-state index < -0.39 is 11.9 Å². The lowest BCUT2D eigenvalue weighted by molar-refractivity contribution is -0.123. The number of aryl methyl sites for hydroxylation is 2. The maximum absolute atomic E-state index is 13.7. The van der Waals surface area contributed by atoms with Crippen molar-refractivity contribution in [2.24, 2.45) is 0 Å².